The van der Waals surface area contributed by atoms with E-state index < -0.39 is 30.0 Å². The summed E-state index contributed by atoms with van der Waals surface area (Å²) in [5.41, 5.74) is -0.144. The Balaban J connectivity index is 4.25. The van der Waals surface area contributed by atoms with Crippen molar-refractivity contribution in [3.63, 3.8) is 0 Å². The summed E-state index contributed by atoms with van der Waals surface area (Å²) in [6.45, 7) is 9.63. The predicted molar refractivity (Wildman–Crippen MR) is 60.5 cm³/mol. The topological polar surface area (TPSA) is 92.3 Å². The first-order chi connectivity index (χ1) is 7.90. The van der Waals surface area contributed by atoms with Crippen molar-refractivity contribution in [3.8, 4) is 0 Å². The molecule has 0 saturated heterocycles. The van der Waals surface area contributed by atoms with Gasteiger partial charge in [0.05, 0.1) is 6.42 Å². The molecule has 0 bridgehead atoms. The molecule has 0 saturated carbocycles. The third-order valence-electron chi connectivity index (χ3n) is 1.57. The minimum Gasteiger partial charge on any atom is -0.293 e. The maximum atomic E-state index is 11.2. The van der Waals surface area contributed by atoms with E-state index in [9.17, 15) is 19.2 Å². The van der Waals surface area contributed by atoms with Gasteiger partial charge in [0.2, 0.25) is 17.7 Å². The van der Waals surface area contributed by atoms with Gasteiger partial charge in [-0.2, -0.15) is 0 Å². The Labute approximate surface area is 98.1 Å². The fourth-order valence-corrected chi connectivity index (χ4v) is 0.758. The quantitative estimate of drug-likeness (QED) is 0.635. The monoisotopic (exact) mass is 236 g/mol. The maximum absolute atomic E-state index is 11.2. The van der Waals surface area contributed by atoms with Crippen LogP contribution in [-0.2, 0) is 19.2 Å². The molecule has 2 N–H and O–H groups in total. The minimum absolute atomic E-state index is 0.144. The molecule has 4 amide bonds. The van der Waals surface area contributed by atoms with Gasteiger partial charge < -0.3 is 0 Å². The number of nitrogens with one attached hydrogen (secondary N) is 2. The summed E-state index contributed by atoms with van der Waals surface area (Å²) in [5.74, 6) is -2.87. The van der Waals surface area contributed by atoms with Gasteiger partial charge in [-0.05, 0) is 12.2 Å². The van der Waals surface area contributed by atoms with Crippen LogP contribution in [0.2, 0.25) is 0 Å². The average molecular weight is 236 g/mol. The van der Waals surface area contributed by atoms with E-state index in [1.54, 1.807) is 0 Å². The standard InChI is InChI=1S/C11H12N2O4/c1-4-8(14)12-10(16)6-7(3)11(17)13-9(15)5-2/h4-5H,1-3,6H2,(H,12,14,16)(H,13,15,17). The Morgan fingerprint density at radius 3 is 1.88 bits per heavy atom. The Hall–Kier alpha value is -2.50. The normalized spacial score (nSPS) is 8.71. The second-order valence-corrected chi connectivity index (χ2v) is 2.92. The largest absolute Gasteiger partial charge is 0.293 e. The number of hydrogen-bond acceptors (Lipinski definition) is 4. The van der Waals surface area contributed by atoms with Crippen LogP contribution in [0, 0.1) is 0 Å². The molecule has 0 rings (SSSR count). The fourth-order valence-electron chi connectivity index (χ4n) is 0.758. The molecule has 0 aromatic rings. The van der Waals surface area contributed by atoms with Crippen LogP contribution in [0.25, 0.3) is 0 Å². The fraction of sp³-hybridized carbons (Fsp3) is 0.0909. The number of amides is 4. The van der Waals surface area contributed by atoms with Crippen molar-refractivity contribution in [1.29, 1.82) is 0 Å². The number of rotatable bonds is 5. The van der Waals surface area contributed by atoms with Crippen LogP contribution < -0.4 is 10.6 Å². The number of imide groups is 2. The van der Waals surface area contributed by atoms with E-state index in [4.69, 9.17) is 0 Å². The van der Waals surface area contributed by atoms with E-state index in [1.807, 2.05) is 10.6 Å². The van der Waals surface area contributed by atoms with Crippen LogP contribution >= 0.6 is 0 Å². The molecule has 0 aliphatic carbocycles. The SMILES string of the molecule is C=CC(=O)NC(=O)CC(=C)C(=O)NC(=O)C=C. The Bertz CT molecular complexity index is 410. The lowest BCUT2D eigenvalue weighted by molar-refractivity contribution is -0.130. The molecular weight excluding hydrogens is 224 g/mol. The molecule has 0 aliphatic rings. The summed E-state index contributed by atoms with van der Waals surface area (Å²) in [5, 5.41) is 3.86. The van der Waals surface area contributed by atoms with Crippen molar-refractivity contribution in [2.75, 3.05) is 0 Å². The van der Waals surface area contributed by atoms with E-state index in [0.29, 0.717) is 0 Å². The van der Waals surface area contributed by atoms with Crippen molar-refractivity contribution >= 4 is 23.6 Å². The van der Waals surface area contributed by atoms with Crippen molar-refractivity contribution in [2.45, 2.75) is 6.42 Å². The molecule has 0 unspecified atom stereocenters. The average Bonchev–Trinajstić information content (AvgIpc) is 2.28. The van der Waals surface area contributed by atoms with E-state index in [0.717, 1.165) is 12.2 Å². The summed E-state index contributed by atoms with van der Waals surface area (Å²) >= 11 is 0. The lowest BCUT2D eigenvalue weighted by Gasteiger charge is -2.04. The van der Waals surface area contributed by atoms with E-state index in [1.165, 1.54) is 0 Å². The molecule has 0 spiro atoms. The van der Waals surface area contributed by atoms with Crippen LogP contribution in [0.15, 0.2) is 37.5 Å². The van der Waals surface area contributed by atoms with Crippen LogP contribution in [-0.4, -0.2) is 23.6 Å². The summed E-state index contributed by atoms with van der Waals surface area (Å²) in [6, 6.07) is 0. The van der Waals surface area contributed by atoms with Gasteiger partial charge in [-0.15, -0.1) is 0 Å². The summed E-state index contributed by atoms with van der Waals surface area (Å²) in [7, 11) is 0. The highest BCUT2D eigenvalue weighted by Gasteiger charge is 2.14. The van der Waals surface area contributed by atoms with Gasteiger partial charge in [0, 0.05) is 5.57 Å². The molecule has 0 fully saturated rings. The molecule has 6 nitrogen and oxygen atoms in total. The van der Waals surface area contributed by atoms with Crippen LogP contribution in [0.3, 0.4) is 0 Å². The number of carbonyl (C=O) groups excluding carboxylic acids is 4. The molecule has 17 heavy (non-hydrogen) atoms. The highest BCUT2D eigenvalue weighted by atomic mass is 16.2. The molecule has 0 radical (unpaired) electrons. The Kier molecular flexibility index (Phi) is 5.87. The molecular formula is C11H12N2O4. The zero-order valence-corrected chi connectivity index (χ0v) is 9.12. The van der Waals surface area contributed by atoms with Crippen molar-refractivity contribution < 1.29 is 19.2 Å². The van der Waals surface area contributed by atoms with Gasteiger partial charge in [0.15, 0.2) is 0 Å². The number of hydrogen-bond donors (Lipinski definition) is 2. The second-order valence-electron chi connectivity index (χ2n) is 2.92. The van der Waals surface area contributed by atoms with Crippen molar-refractivity contribution in [1.82, 2.24) is 10.6 Å². The van der Waals surface area contributed by atoms with Crippen molar-refractivity contribution in [2.24, 2.45) is 0 Å². The van der Waals surface area contributed by atoms with Gasteiger partial charge in [-0.25, -0.2) is 0 Å². The van der Waals surface area contributed by atoms with Gasteiger partial charge in [0.25, 0.3) is 5.91 Å². The highest BCUT2D eigenvalue weighted by Crippen LogP contribution is 1.97. The molecule has 0 aromatic carbocycles. The van der Waals surface area contributed by atoms with Gasteiger partial charge >= 0.3 is 0 Å². The lowest BCUT2D eigenvalue weighted by Crippen LogP contribution is -2.33. The Morgan fingerprint density at radius 2 is 1.41 bits per heavy atom. The molecule has 0 heterocycles. The lowest BCUT2D eigenvalue weighted by atomic mass is 10.2. The maximum Gasteiger partial charge on any atom is 0.253 e. The van der Waals surface area contributed by atoms with Gasteiger partial charge in [-0.3, -0.25) is 29.8 Å². The second kappa shape index (κ2) is 6.89. The van der Waals surface area contributed by atoms with Crippen LogP contribution in [0.1, 0.15) is 6.42 Å². The van der Waals surface area contributed by atoms with Crippen LogP contribution in [0.4, 0.5) is 0 Å². The first-order valence-electron chi connectivity index (χ1n) is 4.52. The third kappa shape index (κ3) is 5.83. The van der Waals surface area contributed by atoms with Gasteiger partial charge in [0.1, 0.15) is 0 Å². The zero-order valence-electron chi connectivity index (χ0n) is 9.12. The predicted octanol–water partition coefficient (Wildman–Crippen LogP) is -0.410. The zero-order chi connectivity index (χ0) is 13.4. The van der Waals surface area contributed by atoms with Gasteiger partial charge in [-0.1, -0.05) is 19.7 Å². The molecule has 0 atom stereocenters. The van der Waals surface area contributed by atoms with Crippen molar-refractivity contribution in [3.05, 3.63) is 37.5 Å². The minimum atomic E-state index is -0.795. The first kappa shape index (κ1) is 14.5. The smallest absolute Gasteiger partial charge is 0.253 e. The van der Waals surface area contributed by atoms with Crippen LogP contribution in [0.5, 0.6) is 0 Å². The molecule has 0 aromatic heterocycles. The van der Waals surface area contributed by atoms with E-state index in [2.05, 4.69) is 19.7 Å². The van der Waals surface area contributed by atoms with E-state index >= 15 is 0 Å². The van der Waals surface area contributed by atoms with E-state index in [-0.39, 0.29) is 5.57 Å². The molecule has 90 valence electrons. The third-order valence-corrected chi connectivity index (χ3v) is 1.57. The summed E-state index contributed by atoms with van der Waals surface area (Å²) in [6.07, 6.45) is 1.43. The first-order valence-corrected chi connectivity index (χ1v) is 4.52. The summed E-state index contributed by atoms with van der Waals surface area (Å²) < 4.78 is 0. The number of carbonyl (C=O) groups is 4. The summed E-state index contributed by atoms with van der Waals surface area (Å²) in [4.78, 5) is 43.9. The Morgan fingerprint density at radius 1 is 0.941 bits per heavy atom. The molecule has 0 aliphatic heterocycles. The molecule has 6 heteroatoms. The highest BCUT2D eigenvalue weighted by molar-refractivity contribution is 6.10.